The van der Waals surface area contributed by atoms with Crippen LogP contribution in [0.25, 0.3) is 21.8 Å². The number of aryl methyl sites for hydroxylation is 1. The van der Waals surface area contributed by atoms with Gasteiger partial charge >= 0.3 is 0 Å². The van der Waals surface area contributed by atoms with Crippen LogP contribution in [0, 0.1) is 18.6 Å². The van der Waals surface area contributed by atoms with Gasteiger partial charge in [0.05, 0.1) is 34.3 Å². The Morgan fingerprint density at radius 2 is 1.96 bits per heavy atom. The van der Waals surface area contributed by atoms with Crippen molar-refractivity contribution in [3.8, 4) is 21.8 Å². The molecule has 2 heterocycles. The SMILES string of the molecule is Cc1nc(CO)sc1-c1cccc(-c2cc(F)c(N)c(NN)c2F)n1. The molecule has 0 saturated heterocycles. The number of nitrogens with one attached hydrogen (secondary N) is 1. The third kappa shape index (κ3) is 3.04. The number of hydrazine groups is 1. The lowest BCUT2D eigenvalue weighted by Crippen LogP contribution is -2.13. The molecule has 3 rings (SSSR count). The van der Waals surface area contributed by atoms with E-state index in [9.17, 15) is 13.9 Å². The number of nitrogens with zero attached hydrogens (tertiary/aromatic N) is 2. The third-order valence-corrected chi connectivity index (χ3v) is 4.80. The van der Waals surface area contributed by atoms with Crippen molar-refractivity contribution in [2.45, 2.75) is 13.5 Å². The summed E-state index contributed by atoms with van der Waals surface area (Å²) in [6, 6.07) is 5.95. The summed E-state index contributed by atoms with van der Waals surface area (Å²) in [5, 5.41) is 9.77. The Labute approximate surface area is 146 Å². The number of halogens is 2. The molecule has 0 aliphatic heterocycles. The molecule has 0 saturated carbocycles. The van der Waals surface area contributed by atoms with Crippen LogP contribution in [0.3, 0.4) is 0 Å². The number of hydrogen-bond donors (Lipinski definition) is 4. The fourth-order valence-corrected chi connectivity index (χ4v) is 3.33. The summed E-state index contributed by atoms with van der Waals surface area (Å²) in [5.41, 5.74) is 8.26. The predicted octanol–water partition coefficient (Wildman–Crippen LogP) is 2.82. The maximum absolute atomic E-state index is 14.6. The standard InChI is InChI=1S/C16H15F2N5OS/c1-7-16(25-12(6-24)21-7)11-4-2-3-10(22-11)8-5-9(17)14(19)15(23-20)13(8)18/h2-5,23-24H,6,19-20H2,1H3. The van der Waals surface area contributed by atoms with Crippen molar-refractivity contribution >= 4 is 22.7 Å². The monoisotopic (exact) mass is 363 g/mol. The van der Waals surface area contributed by atoms with Gasteiger partial charge in [0.25, 0.3) is 0 Å². The molecule has 9 heteroatoms. The van der Waals surface area contributed by atoms with E-state index in [1.165, 1.54) is 11.3 Å². The van der Waals surface area contributed by atoms with Crippen molar-refractivity contribution < 1.29 is 13.9 Å². The molecule has 0 fully saturated rings. The first-order valence-corrected chi connectivity index (χ1v) is 8.07. The smallest absolute Gasteiger partial charge is 0.159 e. The van der Waals surface area contributed by atoms with E-state index in [1.54, 1.807) is 25.1 Å². The number of nitrogens with two attached hydrogens (primary N) is 2. The van der Waals surface area contributed by atoms with Gasteiger partial charge in [-0.25, -0.2) is 18.7 Å². The second-order valence-electron chi connectivity index (χ2n) is 5.24. The first-order chi connectivity index (χ1) is 12.0. The van der Waals surface area contributed by atoms with Crippen LogP contribution in [0.5, 0.6) is 0 Å². The fraction of sp³-hybridized carbons (Fsp3) is 0.125. The number of hydrogen-bond acceptors (Lipinski definition) is 7. The van der Waals surface area contributed by atoms with Gasteiger partial charge in [-0.2, -0.15) is 0 Å². The van der Waals surface area contributed by atoms with Crippen molar-refractivity contribution in [3.63, 3.8) is 0 Å². The Morgan fingerprint density at radius 1 is 1.24 bits per heavy atom. The average molecular weight is 363 g/mol. The van der Waals surface area contributed by atoms with E-state index >= 15 is 0 Å². The number of anilines is 2. The first kappa shape index (κ1) is 17.2. The highest BCUT2D eigenvalue weighted by Crippen LogP contribution is 2.35. The second kappa shape index (κ2) is 6.71. The van der Waals surface area contributed by atoms with Crippen LogP contribution in [0.2, 0.25) is 0 Å². The minimum Gasteiger partial charge on any atom is -0.395 e. The molecule has 0 bridgehead atoms. The Morgan fingerprint density at radius 3 is 2.60 bits per heavy atom. The molecule has 0 radical (unpaired) electrons. The minimum absolute atomic E-state index is 0.0638. The normalized spacial score (nSPS) is 10.9. The van der Waals surface area contributed by atoms with Gasteiger partial charge in [-0.1, -0.05) is 6.07 Å². The number of pyridine rings is 1. The lowest BCUT2D eigenvalue weighted by molar-refractivity contribution is 0.281. The Bertz CT molecular complexity index is 945. The largest absolute Gasteiger partial charge is 0.395 e. The number of aliphatic hydroxyl groups is 1. The van der Waals surface area contributed by atoms with Gasteiger partial charge in [0.1, 0.15) is 16.5 Å². The molecule has 3 aromatic rings. The quantitative estimate of drug-likeness (QED) is 0.322. The van der Waals surface area contributed by atoms with Crippen LogP contribution >= 0.6 is 11.3 Å². The summed E-state index contributed by atoms with van der Waals surface area (Å²) in [6.45, 7) is 1.62. The minimum atomic E-state index is -0.798. The maximum atomic E-state index is 14.6. The van der Waals surface area contributed by atoms with E-state index in [4.69, 9.17) is 11.6 Å². The molecule has 0 amide bonds. The molecule has 1 aromatic carbocycles. The molecule has 25 heavy (non-hydrogen) atoms. The van der Waals surface area contributed by atoms with Crippen LogP contribution in [0.15, 0.2) is 24.3 Å². The summed E-state index contributed by atoms with van der Waals surface area (Å²) in [5.74, 6) is 3.65. The van der Waals surface area contributed by atoms with Gasteiger partial charge in [0, 0.05) is 5.56 Å². The topological polar surface area (TPSA) is 110 Å². The van der Waals surface area contributed by atoms with Crippen molar-refractivity contribution in [1.29, 1.82) is 0 Å². The average Bonchev–Trinajstić information content (AvgIpc) is 3.00. The molecular weight excluding hydrogens is 348 g/mol. The van der Waals surface area contributed by atoms with E-state index in [1.807, 2.05) is 0 Å². The summed E-state index contributed by atoms with van der Waals surface area (Å²) >= 11 is 1.29. The highest BCUT2D eigenvalue weighted by atomic mass is 32.1. The van der Waals surface area contributed by atoms with Gasteiger partial charge in [-0.3, -0.25) is 5.84 Å². The highest BCUT2D eigenvalue weighted by molar-refractivity contribution is 7.15. The summed E-state index contributed by atoms with van der Waals surface area (Å²) in [7, 11) is 0. The molecule has 0 atom stereocenters. The van der Waals surface area contributed by atoms with Gasteiger partial charge < -0.3 is 16.3 Å². The highest BCUT2D eigenvalue weighted by Gasteiger charge is 2.19. The summed E-state index contributed by atoms with van der Waals surface area (Å²) in [6.07, 6.45) is 0. The number of aliphatic hydroxyl groups excluding tert-OH is 1. The third-order valence-electron chi connectivity index (χ3n) is 3.63. The lowest BCUT2D eigenvalue weighted by Gasteiger charge is -2.12. The van der Waals surface area contributed by atoms with Gasteiger partial charge in [-0.15, -0.1) is 11.3 Å². The van der Waals surface area contributed by atoms with Gasteiger partial charge in [0.2, 0.25) is 0 Å². The molecule has 0 aliphatic carbocycles. The number of nitrogen functional groups attached to an aromatic ring is 2. The molecule has 6 N–H and O–H groups in total. The van der Waals surface area contributed by atoms with Crippen molar-refractivity contribution in [2.75, 3.05) is 11.2 Å². The Kier molecular flexibility index (Phi) is 4.62. The Balaban J connectivity index is 2.14. The van der Waals surface area contributed by atoms with Gasteiger partial charge in [0.15, 0.2) is 5.82 Å². The van der Waals surface area contributed by atoms with Crippen molar-refractivity contribution in [3.05, 3.63) is 46.6 Å². The molecule has 6 nitrogen and oxygen atoms in total. The first-order valence-electron chi connectivity index (χ1n) is 7.25. The van der Waals surface area contributed by atoms with Crippen molar-refractivity contribution in [1.82, 2.24) is 9.97 Å². The zero-order chi connectivity index (χ0) is 18.1. The molecule has 0 aliphatic rings. The van der Waals surface area contributed by atoms with E-state index in [0.29, 0.717) is 16.4 Å². The van der Waals surface area contributed by atoms with E-state index in [2.05, 4.69) is 15.4 Å². The van der Waals surface area contributed by atoms with Crippen LogP contribution in [-0.4, -0.2) is 15.1 Å². The summed E-state index contributed by atoms with van der Waals surface area (Å²) in [4.78, 5) is 9.38. The van der Waals surface area contributed by atoms with Crippen LogP contribution < -0.4 is 17.0 Å². The van der Waals surface area contributed by atoms with E-state index in [0.717, 1.165) is 10.9 Å². The molecular formula is C16H15F2N5OS. The number of thiazole rings is 1. The summed E-state index contributed by atoms with van der Waals surface area (Å²) < 4.78 is 28.6. The maximum Gasteiger partial charge on any atom is 0.159 e. The number of benzene rings is 1. The van der Waals surface area contributed by atoms with E-state index < -0.39 is 17.3 Å². The second-order valence-corrected chi connectivity index (χ2v) is 6.32. The van der Waals surface area contributed by atoms with Gasteiger partial charge in [-0.05, 0) is 25.1 Å². The fourth-order valence-electron chi connectivity index (χ4n) is 2.44. The molecule has 2 aromatic heterocycles. The van der Waals surface area contributed by atoms with Crippen LogP contribution in [0.1, 0.15) is 10.7 Å². The molecule has 0 spiro atoms. The zero-order valence-corrected chi connectivity index (χ0v) is 14.0. The Hall–Kier alpha value is -2.62. The molecule has 130 valence electrons. The van der Waals surface area contributed by atoms with E-state index in [-0.39, 0.29) is 23.6 Å². The van der Waals surface area contributed by atoms with Crippen LogP contribution in [0.4, 0.5) is 20.2 Å². The van der Waals surface area contributed by atoms with Crippen LogP contribution in [-0.2, 0) is 6.61 Å². The molecule has 0 unspecified atom stereocenters. The number of aromatic nitrogens is 2. The van der Waals surface area contributed by atoms with Crippen molar-refractivity contribution in [2.24, 2.45) is 5.84 Å². The number of rotatable bonds is 4. The predicted molar refractivity (Wildman–Crippen MR) is 93.6 cm³/mol. The lowest BCUT2D eigenvalue weighted by atomic mass is 10.1. The zero-order valence-electron chi connectivity index (χ0n) is 13.2.